The van der Waals surface area contributed by atoms with Crippen LogP contribution in [0.2, 0.25) is 5.02 Å². The normalized spacial score (nSPS) is 17.0. The van der Waals surface area contributed by atoms with Crippen LogP contribution in [-0.2, 0) is 11.3 Å². The first-order valence-corrected chi connectivity index (χ1v) is 8.13. The zero-order valence-electron chi connectivity index (χ0n) is 13.4. The number of nitrogens with zero attached hydrogens (tertiary/aromatic N) is 1. The lowest BCUT2D eigenvalue weighted by molar-refractivity contribution is 0.141. The Kier molecular flexibility index (Phi) is 5.23. The summed E-state index contributed by atoms with van der Waals surface area (Å²) in [7, 11) is 1.84. The average Bonchev–Trinajstić information content (AvgIpc) is 2.94. The quantitative estimate of drug-likeness (QED) is 0.870. The average molecular weight is 347 g/mol. The van der Waals surface area contributed by atoms with Gasteiger partial charge in [0.1, 0.15) is 18.5 Å². The van der Waals surface area contributed by atoms with Gasteiger partial charge in [-0.3, -0.25) is 4.90 Å². The molecule has 1 aliphatic rings. The maximum atomic E-state index is 11.9. The van der Waals surface area contributed by atoms with E-state index in [2.05, 4.69) is 5.32 Å². The predicted octanol–water partition coefficient (Wildman–Crippen LogP) is 3.46. The smallest absolute Gasteiger partial charge is 0.414 e. The molecule has 0 aromatic heterocycles. The van der Waals surface area contributed by atoms with Gasteiger partial charge in [-0.2, -0.15) is 0 Å². The van der Waals surface area contributed by atoms with Crippen molar-refractivity contribution < 1.29 is 14.3 Å². The number of hydrogen-bond acceptors (Lipinski definition) is 4. The summed E-state index contributed by atoms with van der Waals surface area (Å²) in [5, 5.41) is 3.70. The summed E-state index contributed by atoms with van der Waals surface area (Å²) >= 11 is 5.96. The van der Waals surface area contributed by atoms with Crippen LogP contribution in [0.15, 0.2) is 48.5 Å². The van der Waals surface area contributed by atoms with E-state index >= 15 is 0 Å². The number of likely N-dealkylation sites (N-methyl/N-ethyl adjacent to an activating group) is 1. The third-order valence-corrected chi connectivity index (χ3v) is 3.98. The molecule has 6 heteroatoms. The molecule has 1 saturated heterocycles. The third kappa shape index (κ3) is 3.99. The molecule has 1 fully saturated rings. The van der Waals surface area contributed by atoms with Gasteiger partial charge in [-0.15, -0.1) is 0 Å². The Morgan fingerprint density at radius 3 is 2.79 bits per heavy atom. The van der Waals surface area contributed by atoms with E-state index in [4.69, 9.17) is 21.1 Å². The number of nitrogens with one attached hydrogen (secondary N) is 1. The van der Waals surface area contributed by atoms with Crippen molar-refractivity contribution in [2.45, 2.75) is 12.7 Å². The van der Waals surface area contributed by atoms with Gasteiger partial charge in [0.15, 0.2) is 0 Å². The molecule has 1 heterocycles. The second kappa shape index (κ2) is 7.55. The van der Waals surface area contributed by atoms with E-state index in [9.17, 15) is 4.79 Å². The van der Waals surface area contributed by atoms with E-state index < -0.39 is 0 Å². The molecular formula is C18H19ClN2O3. The third-order valence-electron chi connectivity index (χ3n) is 3.75. The fraction of sp³-hybridized carbons (Fsp3) is 0.278. The number of carbonyl (C=O) groups is 1. The van der Waals surface area contributed by atoms with Gasteiger partial charge in [0.2, 0.25) is 0 Å². The summed E-state index contributed by atoms with van der Waals surface area (Å²) in [6, 6.07) is 15.0. The Morgan fingerprint density at radius 1 is 1.29 bits per heavy atom. The van der Waals surface area contributed by atoms with E-state index in [0.717, 1.165) is 17.0 Å². The van der Waals surface area contributed by atoms with Crippen LogP contribution >= 0.6 is 11.6 Å². The molecule has 1 amide bonds. The molecule has 0 radical (unpaired) electrons. The van der Waals surface area contributed by atoms with Gasteiger partial charge in [0.05, 0.1) is 6.54 Å². The number of rotatable bonds is 6. The highest BCUT2D eigenvalue weighted by Crippen LogP contribution is 2.24. The Morgan fingerprint density at radius 2 is 2.08 bits per heavy atom. The highest BCUT2D eigenvalue weighted by Gasteiger charge is 2.31. The van der Waals surface area contributed by atoms with Crippen molar-refractivity contribution in [2.75, 3.05) is 25.0 Å². The predicted molar refractivity (Wildman–Crippen MR) is 93.8 cm³/mol. The molecule has 126 valence electrons. The molecule has 0 saturated carbocycles. The van der Waals surface area contributed by atoms with Crippen molar-refractivity contribution >= 4 is 23.4 Å². The van der Waals surface area contributed by atoms with E-state index in [1.807, 2.05) is 55.6 Å². The number of cyclic esters (lactones) is 1. The SMILES string of the molecule is CNC[C@@H]1CN(c2ccc(OCc3cccc(Cl)c3)cc2)C(=O)O1. The second-order valence-electron chi connectivity index (χ2n) is 5.59. The van der Waals surface area contributed by atoms with E-state index in [0.29, 0.717) is 24.7 Å². The van der Waals surface area contributed by atoms with Crippen LogP contribution in [0, 0.1) is 0 Å². The first kappa shape index (κ1) is 16.6. The van der Waals surface area contributed by atoms with Crippen molar-refractivity contribution in [1.29, 1.82) is 0 Å². The van der Waals surface area contributed by atoms with Gasteiger partial charge >= 0.3 is 6.09 Å². The Labute approximate surface area is 146 Å². The molecule has 0 aliphatic carbocycles. The van der Waals surface area contributed by atoms with E-state index in [1.54, 1.807) is 4.90 Å². The van der Waals surface area contributed by atoms with Gasteiger partial charge in [-0.05, 0) is 49.0 Å². The zero-order chi connectivity index (χ0) is 16.9. The molecular weight excluding hydrogens is 328 g/mol. The molecule has 2 aromatic carbocycles. The van der Waals surface area contributed by atoms with Crippen molar-refractivity contribution in [3.63, 3.8) is 0 Å². The van der Waals surface area contributed by atoms with Crippen molar-refractivity contribution in [3.05, 3.63) is 59.1 Å². The van der Waals surface area contributed by atoms with Crippen LogP contribution in [0.5, 0.6) is 5.75 Å². The van der Waals surface area contributed by atoms with Gasteiger partial charge < -0.3 is 14.8 Å². The Hall–Kier alpha value is -2.24. The summed E-state index contributed by atoms with van der Waals surface area (Å²) in [6.07, 6.45) is -0.441. The minimum Gasteiger partial charge on any atom is -0.489 e. The topological polar surface area (TPSA) is 50.8 Å². The van der Waals surface area contributed by atoms with E-state index in [1.165, 1.54) is 0 Å². The number of halogens is 1. The summed E-state index contributed by atoms with van der Waals surface area (Å²) < 4.78 is 11.0. The molecule has 5 nitrogen and oxygen atoms in total. The fourth-order valence-electron chi connectivity index (χ4n) is 2.58. The van der Waals surface area contributed by atoms with Crippen LogP contribution < -0.4 is 15.0 Å². The van der Waals surface area contributed by atoms with Crippen molar-refractivity contribution in [3.8, 4) is 5.75 Å². The first-order chi connectivity index (χ1) is 11.7. The standard InChI is InChI=1S/C18H19ClN2O3/c1-20-10-17-11-21(18(22)24-17)15-5-7-16(8-6-15)23-12-13-3-2-4-14(19)9-13/h2-9,17,20H,10-12H2,1H3/t17-/m1/s1. The highest BCUT2D eigenvalue weighted by molar-refractivity contribution is 6.30. The Bertz CT molecular complexity index is 706. The van der Waals surface area contributed by atoms with Gasteiger partial charge in [-0.1, -0.05) is 23.7 Å². The molecule has 0 unspecified atom stereocenters. The molecule has 1 aliphatic heterocycles. The van der Waals surface area contributed by atoms with Crippen LogP contribution in [-0.4, -0.2) is 32.3 Å². The lowest BCUT2D eigenvalue weighted by Crippen LogP contribution is -2.28. The largest absolute Gasteiger partial charge is 0.489 e. The molecule has 24 heavy (non-hydrogen) atoms. The second-order valence-corrected chi connectivity index (χ2v) is 6.02. The summed E-state index contributed by atoms with van der Waals surface area (Å²) in [5.41, 5.74) is 1.80. The fourth-order valence-corrected chi connectivity index (χ4v) is 2.79. The molecule has 1 atom stereocenters. The van der Waals surface area contributed by atoms with Gasteiger partial charge in [0, 0.05) is 17.3 Å². The number of ether oxygens (including phenoxy) is 2. The number of hydrogen-bond donors (Lipinski definition) is 1. The highest BCUT2D eigenvalue weighted by atomic mass is 35.5. The molecule has 3 rings (SSSR count). The molecule has 0 spiro atoms. The minimum atomic E-state index is -0.317. The number of carbonyl (C=O) groups excluding carboxylic acids is 1. The molecule has 1 N–H and O–H groups in total. The van der Waals surface area contributed by atoms with Crippen molar-refractivity contribution in [1.82, 2.24) is 5.32 Å². The lowest BCUT2D eigenvalue weighted by Gasteiger charge is -2.14. The van der Waals surface area contributed by atoms with Gasteiger partial charge in [-0.25, -0.2) is 4.79 Å². The van der Waals surface area contributed by atoms with Crippen LogP contribution in [0.1, 0.15) is 5.56 Å². The van der Waals surface area contributed by atoms with E-state index in [-0.39, 0.29) is 12.2 Å². The van der Waals surface area contributed by atoms with Crippen LogP contribution in [0.4, 0.5) is 10.5 Å². The van der Waals surface area contributed by atoms with Crippen molar-refractivity contribution in [2.24, 2.45) is 0 Å². The monoisotopic (exact) mass is 346 g/mol. The number of amides is 1. The molecule has 0 bridgehead atoms. The number of benzene rings is 2. The zero-order valence-corrected chi connectivity index (χ0v) is 14.1. The number of anilines is 1. The summed E-state index contributed by atoms with van der Waals surface area (Å²) in [5.74, 6) is 0.734. The summed E-state index contributed by atoms with van der Waals surface area (Å²) in [6.45, 7) is 1.63. The summed E-state index contributed by atoms with van der Waals surface area (Å²) in [4.78, 5) is 13.5. The maximum absolute atomic E-state index is 11.9. The minimum absolute atomic E-state index is 0.124. The Balaban J connectivity index is 1.60. The van der Waals surface area contributed by atoms with Gasteiger partial charge in [0.25, 0.3) is 0 Å². The van der Waals surface area contributed by atoms with Crippen LogP contribution in [0.25, 0.3) is 0 Å². The maximum Gasteiger partial charge on any atom is 0.414 e. The first-order valence-electron chi connectivity index (χ1n) is 7.76. The molecule has 2 aromatic rings. The lowest BCUT2D eigenvalue weighted by atomic mass is 10.2. The van der Waals surface area contributed by atoms with Crippen LogP contribution in [0.3, 0.4) is 0 Å².